The van der Waals surface area contributed by atoms with Gasteiger partial charge >= 0.3 is 6.03 Å². The second-order valence-electron chi connectivity index (χ2n) is 4.25. The minimum Gasteiger partial charge on any atom is -0.497 e. The van der Waals surface area contributed by atoms with Crippen LogP contribution in [0.15, 0.2) is 35.0 Å². The maximum atomic E-state index is 11.8. The summed E-state index contributed by atoms with van der Waals surface area (Å²) in [6.45, 7) is 0.121. The average molecular weight is 327 g/mol. The van der Waals surface area contributed by atoms with Gasteiger partial charge < -0.3 is 20.5 Å². The molecule has 2 rings (SSSR count). The zero-order chi connectivity index (χ0) is 15.2. The lowest BCUT2D eigenvalue weighted by Gasteiger charge is -2.12. The van der Waals surface area contributed by atoms with E-state index in [0.29, 0.717) is 16.5 Å². The molecule has 0 bridgehead atoms. The van der Waals surface area contributed by atoms with Crippen LogP contribution in [0.3, 0.4) is 0 Å². The quantitative estimate of drug-likeness (QED) is 0.789. The number of nitrogens with one attached hydrogen (secondary N) is 2. The fourth-order valence-corrected chi connectivity index (χ4v) is 2.59. The number of rotatable bonds is 5. The van der Waals surface area contributed by atoms with Crippen LogP contribution in [0.4, 0.5) is 10.5 Å². The summed E-state index contributed by atoms with van der Waals surface area (Å²) >= 11 is 7.52. The molecule has 1 aromatic carbocycles. The van der Waals surface area contributed by atoms with Crippen molar-refractivity contribution in [1.82, 2.24) is 5.32 Å². The van der Waals surface area contributed by atoms with Crippen molar-refractivity contribution in [2.24, 2.45) is 0 Å². The monoisotopic (exact) mass is 326 g/mol. The molecule has 21 heavy (non-hydrogen) atoms. The van der Waals surface area contributed by atoms with Gasteiger partial charge in [0.05, 0.1) is 23.9 Å². The van der Waals surface area contributed by atoms with Gasteiger partial charge in [0.2, 0.25) is 0 Å². The van der Waals surface area contributed by atoms with E-state index in [9.17, 15) is 9.90 Å². The summed E-state index contributed by atoms with van der Waals surface area (Å²) in [7, 11) is 1.54. The number of halogens is 1. The number of benzene rings is 1. The van der Waals surface area contributed by atoms with Crippen molar-refractivity contribution in [3.63, 3.8) is 0 Å². The fraction of sp³-hybridized carbons (Fsp3) is 0.214. The number of aliphatic hydroxyl groups excluding tert-OH is 1. The van der Waals surface area contributed by atoms with E-state index in [1.807, 2.05) is 16.8 Å². The summed E-state index contributed by atoms with van der Waals surface area (Å²) in [5.41, 5.74) is 1.25. The molecule has 1 heterocycles. The summed E-state index contributed by atoms with van der Waals surface area (Å²) in [5.74, 6) is 0.610. The molecule has 112 valence electrons. The Morgan fingerprint density at radius 1 is 1.48 bits per heavy atom. The van der Waals surface area contributed by atoms with Crippen LogP contribution in [0.2, 0.25) is 5.02 Å². The third kappa shape index (κ3) is 4.35. The molecule has 0 spiro atoms. The van der Waals surface area contributed by atoms with Crippen LogP contribution in [0.5, 0.6) is 5.75 Å². The predicted octanol–water partition coefficient (Wildman–Crippen LogP) is 3.27. The van der Waals surface area contributed by atoms with Crippen molar-refractivity contribution >= 4 is 34.7 Å². The number of ether oxygens (including phenoxy) is 1. The number of anilines is 1. The fourth-order valence-electron chi connectivity index (χ4n) is 1.66. The largest absolute Gasteiger partial charge is 0.497 e. The van der Waals surface area contributed by atoms with Crippen LogP contribution in [-0.4, -0.2) is 24.8 Å². The molecule has 2 aromatic rings. The molecule has 0 aliphatic carbocycles. The molecule has 0 aliphatic rings. The van der Waals surface area contributed by atoms with E-state index >= 15 is 0 Å². The van der Waals surface area contributed by atoms with Gasteiger partial charge in [-0.2, -0.15) is 11.3 Å². The summed E-state index contributed by atoms with van der Waals surface area (Å²) in [6.07, 6.45) is -0.728. The number of methoxy groups -OCH3 is 1. The lowest BCUT2D eigenvalue weighted by molar-refractivity contribution is 0.175. The maximum Gasteiger partial charge on any atom is 0.319 e. The number of thiophene rings is 1. The normalized spacial score (nSPS) is 11.8. The van der Waals surface area contributed by atoms with Crippen molar-refractivity contribution in [2.45, 2.75) is 6.10 Å². The smallest absolute Gasteiger partial charge is 0.319 e. The van der Waals surface area contributed by atoms with Gasteiger partial charge in [-0.15, -0.1) is 0 Å². The molecule has 7 heteroatoms. The Kier molecular flexibility index (Phi) is 5.44. The van der Waals surface area contributed by atoms with E-state index in [-0.39, 0.29) is 6.54 Å². The Morgan fingerprint density at radius 3 is 2.90 bits per heavy atom. The molecule has 1 unspecified atom stereocenters. The third-order valence-corrected chi connectivity index (χ3v) is 3.82. The van der Waals surface area contributed by atoms with E-state index in [2.05, 4.69) is 10.6 Å². The molecule has 2 amide bonds. The Labute approximate surface area is 131 Å². The van der Waals surface area contributed by atoms with Gasteiger partial charge in [-0.1, -0.05) is 11.6 Å². The van der Waals surface area contributed by atoms with E-state index < -0.39 is 12.1 Å². The van der Waals surface area contributed by atoms with Gasteiger partial charge in [0.1, 0.15) is 5.75 Å². The molecule has 0 saturated carbocycles. The highest BCUT2D eigenvalue weighted by molar-refractivity contribution is 7.07. The van der Waals surface area contributed by atoms with Gasteiger partial charge in [-0.25, -0.2) is 4.79 Å². The zero-order valence-electron chi connectivity index (χ0n) is 11.3. The number of carbonyl (C=O) groups is 1. The molecule has 0 fully saturated rings. The molecule has 3 N–H and O–H groups in total. The van der Waals surface area contributed by atoms with Crippen molar-refractivity contribution in [2.75, 3.05) is 19.0 Å². The lowest BCUT2D eigenvalue weighted by Crippen LogP contribution is -2.32. The second-order valence-corrected chi connectivity index (χ2v) is 5.44. The maximum absolute atomic E-state index is 11.8. The summed E-state index contributed by atoms with van der Waals surface area (Å²) in [5, 5.41) is 19.2. The molecule has 1 aromatic heterocycles. The van der Waals surface area contributed by atoms with E-state index in [1.54, 1.807) is 18.2 Å². The second kappa shape index (κ2) is 7.31. The molecular formula is C14H15ClN2O3S. The first-order valence-electron chi connectivity index (χ1n) is 6.18. The number of amides is 2. The summed E-state index contributed by atoms with van der Waals surface area (Å²) in [6, 6.07) is 6.33. The molecule has 0 radical (unpaired) electrons. The minimum absolute atomic E-state index is 0.121. The molecule has 0 saturated heterocycles. The predicted molar refractivity (Wildman–Crippen MR) is 84.3 cm³/mol. The van der Waals surface area contributed by atoms with Gasteiger partial charge in [-0.3, -0.25) is 0 Å². The van der Waals surface area contributed by atoms with E-state index in [4.69, 9.17) is 16.3 Å². The van der Waals surface area contributed by atoms with Gasteiger partial charge in [-0.05, 0) is 34.5 Å². The van der Waals surface area contributed by atoms with Crippen LogP contribution < -0.4 is 15.4 Å². The average Bonchev–Trinajstić information content (AvgIpc) is 3.01. The number of urea groups is 1. The molecule has 5 nitrogen and oxygen atoms in total. The SMILES string of the molecule is COc1ccc(NC(=O)NCC(O)c2ccsc2)c(Cl)c1. The Hall–Kier alpha value is -1.76. The Morgan fingerprint density at radius 2 is 2.29 bits per heavy atom. The van der Waals surface area contributed by atoms with E-state index in [0.717, 1.165) is 5.56 Å². The summed E-state index contributed by atoms with van der Waals surface area (Å²) in [4.78, 5) is 11.8. The highest BCUT2D eigenvalue weighted by atomic mass is 35.5. The Balaban J connectivity index is 1.87. The van der Waals surface area contributed by atoms with E-state index in [1.165, 1.54) is 18.4 Å². The summed E-state index contributed by atoms with van der Waals surface area (Å²) < 4.78 is 5.03. The van der Waals surface area contributed by atoms with Crippen LogP contribution in [0.1, 0.15) is 11.7 Å². The first-order valence-corrected chi connectivity index (χ1v) is 7.51. The number of aliphatic hydroxyl groups is 1. The van der Waals surface area contributed by atoms with Crippen LogP contribution in [0.25, 0.3) is 0 Å². The lowest BCUT2D eigenvalue weighted by atomic mass is 10.2. The van der Waals surface area contributed by atoms with Gasteiger partial charge in [0, 0.05) is 12.6 Å². The highest BCUT2D eigenvalue weighted by Gasteiger charge is 2.11. The number of hydrogen-bond acceptors (Lipinski definition) is 4. The number of hydrogen-bond donors (Lipinski definition) is 3. The van der Waals surface area contributed by atoms with Crippen LogP contribution in [-0.2, 0) is 0 Å². The highest BCUT2D eigenvalue weighted by Crippen LogP contribution is 2.26. The topological polar surface area (TPSA) is 70.6 Å². The van der Waals surface area contributed by atoms with Gasteiger partial charge in [0.25, 0.3) is 0 Å². The first kappa shape index (κ1) is 15.6. The number of carbonyl (C=O) groups excluding carboxylic acids is 1. The third-order valence-electron chi connectivity index (χ3n) is 2.81. The van der Waals surface area contributed by atoms with Crippen molar-refractivity contribution in [1.29, 1.82) is 0 Å². The van der Waals surface area contributed by atoms with Crippen molar-refractivity contribution < 1.29 is 14.6 Å². The first-order chi connectivity index (χ1) is 10.1. The molecule has 1 atom stereocenters. The standard InChI is InChI=1S/C14H15ClN2O3S/c1-20-10-2-3-12(11(15)6-10)17-14(19)16-7-13(18)9-4-5-21-8-9/h2-6,8,13,18H,7H2,1H3,(H2,16,17,19). The van der Waals surface area contributed by atoms with Gasteiger partial charge in [0.15, 0.2) is 0 Å². The van der Waals surface area contributed by atoms with Crippen LogP contribution >= 0.6 is 22.9 Å². The van der Waals surface area contributed by atoms with Crippen molar-refractivity contribution in [3.8, 4) is 5.75 Å². The zero-order valence-corrected chi connectivity index (χ0v) is 12.9. The minimum atomic E-state index is -0.728. The Bertz CT molecular complexity index is 604. The molecule has 0 aliphatic heterocycles. The van der Waals surface area contributed by atoms with Crippen molar-refractivity contribution in [3.05, 3.63) is 45.6 Å². The van der Waals surface area contributed by atoms with Crippen LogP contribution in [0, 0.1) is 0 Å². The molecular weight excluding hydrogens is 312 g/mol.